The fourth-order valence-corrected chi connectivity index (χ4v) is 2.62. The molecule has 88 valence electrons. The zero-order valence-electron chi connectivity index (χ0n) is 8.25. The molecule has 17 heavy (non-hydrogen) atoms. The summed E-state index contributed by atoms with van der Waals surface area (Å²) in [6.07, 6.45) is 6.77. The van der Waals surface area contributed by atoms with Crippen LogP contribution in [0.4, 0.5) is 13.2 Å². The molecule has 6 heteroatoms. The highest BCUT2D eigenvalue weighted by Crippen LogP contribution is 2.40. The summed E-state index contributed by atoms with van der Waals surface area (Å²) >= 11 is 3.07. The van der Waals surface area contributed by atoms with Crippen molar-refractivity contribution < 1.29 is 13.2 Å². The van der Waals surface area contributed by atoms with Gasteiger partial charge in [0.25, 0.3) is 0 Å². The molecule has 0 spiro atoms. The summed E-state index contributed by atoms with van der Waals surface area (Å²) in [6, 6.07) is 4.95. The van der Waals surface area contributed by atoms with E-state index in [4.69, 9.17) is 6.42 Å². The molecular weight excluding hydrogens is 315 g/mol. The van der Waals surface area contributed by atoms with Gasteiger partial charge in [-0.15, -0.1) is 6.42 Å². The van der Waals surface area contributed by atoms with Crippen molar-refractivity contribution in [1.29, 1.82) is 0 Å². The van der Waals surface area contributed by atoms with Gasteiger partial charge in [0.15, 0.2) is 0 Å². The summed E-state index contributed by atoms with van der Waals surface area (Å²) < 4.78 is 39.4. The maximum Gasteiger partial charge on any atom is 0.447 e. The molecule has 0 aliphatic heterocycles. The lowest BCUT2D eigenvalue weighted by molar-refractivity contribution is -0.0329. The van der Waals surface area contributed by atoms with E-state index >= 15 is 0 Å². The van der Waals surface area contributed by atoms with Gasteiger partial charge in [-0.25, -0.2) is 0 Å². The minimum Gasteiger partial charge on any atom is -0.309 e. The van der Waals surface area contributed by atoms with Crippen molar-refractivity contribution in [3.63, 3.8) is 0 Å². The van der Waals surface area contributed by atoms with E-state index in [-0.39, 0.29) is 22.4 Å². The molecule has 0 fully saturated rings. The molecule has 0 aliphatic rings. The maximum absolute atomic E-state index is 12.4. The number of terminal acetylenes is 1. The van der Waals surface area contributed by atoms with Crippen molar-refractivity contribution in [2.24, 2.45) is 0 Å². The number of hydrogen-bond acceptors (Lipinski definition) is 1. The molecule has 2 aromatic heterocycles. The highest BCUT2D eigenvalue weighted by molar-refractivity contribution is 9.10. The Morgan fingerprint density at radius 2 is 2.12 bits per heavy atom. The van der Waals surface area contributed by atoms with Gasteiger partial charge in [0.05, 0.1) is 11.1 Å². The minimum absolute atomic E-state index is 0.0105. The molecule has 0 saturated carbocycles. The summed E-state index contributed by atoms with van der Waals surface area (Å²) in [5, 5.41) is 0.0105. The predicted molar refractivity (Wildman–Crippen MR) is 64.9 cm³/mol. The van der Waals surface area contributed by atoms with Crippen molar-refractivity contribution >= 4 is 33.2 Å². The van der Waals surface area contributed by atoms with Crippen LogP contribution < -0.4 is 0 Å². The van der Waals surface area contributed by atoms with Crippen molar-refractivity contribution in [3.8, 4) is 12.3 Å². The predicted octanol–water partition coefficient (Wildman–Crippen LogP) is 4.30. The number of nitrogens with zero attached hydrogens (tertiary/aromatic N) is 1. The summed E-state index contributed by atoms with van der Waals surface area (Å²) in [4.78, 5) is 0. The number of rotatable bonds is 1. The molecule has 0 N–H and O–H groups in total. The quantitative estimate of drug-likeness (QED) is 0.560. The molecule has 1 nitrogen and oxygen atoms in total. The fourth-order valence-electron chi connectivity index (χ4n) is 1.46. The topological polar surface area (TPSA) is 4.41 Å². The highest BCUT2D eigenvalue weighted by atomic mass is 79.9. The number of thioether (sulfide) groups is 1. The van der Waals surface area contributed by atoms with Crippen LogP contribution in [0.5, 0.6) is 0 Å². The number of halogens is 4. The van der Waals surface area contributed by atoms with Crippen molar-refractivity contribution in [2.75, 3.05) is 0 Å². The van der Waals surface area contributed by atoms with Gasteiger partial charge < -0.3 is 4.40 Å². The van der Waals surface area contributed by atoms with Crippen molar-refractivity contribution in [1.82, 2.24) is 4.40 Å². The second-order valence-corrected chi connectivity index (χ2v) is 5.07. The van der Waals surface area contributed by atoms with Crippen LogP contribution in [0.1, 0.15) is 5.56 Å². The molecule has 0 aromatic carbocycles. The van der Waals surface area contributed by atoms with Gasteiger partial charge in [-0.2, -0.15) is 13.2 Å². The van der Waals surface area contributed by atoms with Gasteiger partial charge in [0.1, 0.15) is 5.03 Å². The summed E-state index contributed by atoms with van der Waals surface area (Å²) in [7, 11) is 0. The third kappa shape index (κ3) is 2.45. The number of aromatic nitrogens is 1. The first-order valence-electron chi connectivity index (χ1n) is 4.44. The second kappa shape index (κ2) is 4.31. The number of fused-ring (bicyclic) bond motifs is 1. The Kier molecular flexibility index (Phi) is 3.15. The third-order valence-corrected chi connectivity index (χ3v) is 3.59. The molecule has 0 bridgehead atoms. The lowest BCUT2D eigenvalue weighted by Gasteiger charge is -2.07. The Hall–Kier alpha value is -1.06. The van der Waals surface area contributed by atoms with E-state index in [0.29, 0.717) is 9.99 Å². The number of hydrogen-bond donors (Lipinski definition) is 0. The molecule has 2 rings (SSSR count). The van der Waals surface area contributed by atoms with E-state index in [1.165, 1.54) is 4.40 Å². The van der Waals surface area contributed by atoms with Gasteiger partial charge in [-0.1, -0.05) is 5.92 Å². The highest BCUT2D eigenvalue weighted by Gasteiger charge is 2.32. The van der Waals surface area contributed by atoms with E-state index < -0.39 is 5.51 Å². The molecule has 2 aromatic rings. The standard InChI is InChI=1S/C11H5BrF3NS/c1-2-7-6-9-8(12)4-3-5-16(9)10(7)17-11(13,14)15/h1,3-6H. The summed E-state index contributed by atoms with van der Waals surface area (Å²) in [6.45, 7) is 0. The van der Waals surface area contributed by atoms with Crippen LogP contribution in [0.25, 0.3) is 5.52 Å². The average molecular weight is 320 g/mol. The van der Waals surface area contributed by atoms with Gasteiger partial charge in [0, 0.05) is 22.4 Å². The lowest BCUT2D eigenvalue weighted by atomic mass is 10.3. The van der Waals surface area contributed by atoms with E-state index in [1.54, 1.807) is 24.4 Å². The second-order valence-electron chi connectivity index (χ2n) is 3.17. The summed E-state index contributed by atoms with van der Waals surface area (Å²) in [5.41, 5.74) is -3.51. The van der Waals surface area contributed by atoms with Crippen molar-refractivity contribution in [2.45, 2.75) is 10.5 Å². The first-order chi connectivity index (χ1) is 7.92. The van der Waals surface area contributed by atoms with E-state index in [0.717, 1.165) is 0 Å². The Labute approximate surface area is 108 Å². The average Bonchev–Trinajstić information content (AvgIpc) is 2.56. The smallest absolute Gasteiger partial charge is 0.309 e. The van der Waals surface area contributed by atoms with Crippen LogP contribution in [0.3, 0.4) is 0 Å². The van der Waals surface area contributed by atoms with Crippen LogP contribution in [0.2, 0.25) is 0 Å². The van der Waals surface area contributed by atoms with Crippen LogP contribution in [-0.4, -0.2) is 9.91 Å². The summed E-state index contributed by atoms with van der Waals surface area (Å²) in [5.74, 6) is 2.27. The Balaban J connectivity index is 2.68. The van der Waals surface area contributed by atoms with Crippen molar-refractivity contribution in [3.05, 3.63) is 34.4 Å². The number of pyridine rings is 1. The SMILES string of the molecule is C#Cc1cc2c(Br)cccn2c1SC(F)(F)F. The van der Waals surface area contributed by atoms with Gasteiger partial charge in [0.2, 0.25) is 0 Å². The Bertz CT molecular complexity index is 609. The minimum atomic E-state index is -4.36. The molecule has 0 aliphatic carbocycles. The van der Waals surface area contributed by atoms with Crippen LogP contribution >= 0.6 is 27.7 Å². The van der Waals surface area contributed by atoms with Crippen LogP contribution in [0, 0.1) is 12.3 Å². The third-order valence-electron chi connectivity index (χ3n) is 2.08. The fraction of sp³-hybridized carbons (Fsp3) is 0.0909. The molecule has 0 unspecified atom stereocenters. The zero-order valence-corrected chi connectivity index (χ0v) is 10.7. The van der Waals surface area contributed by atoms with E-state index in [9.17, 15) is 13.2 Å². The van der Waals surface area contributed by atoms with E-state index in [1.807, 2.05) is 0 Å². The molecule has 0 atom stereocenters. The number of alkyl halides is 3. The monoisotopic (exact) mass is 319 g/mol. The van der Waals surface area contributed by atoms with Gasteiger partial charge in [-0.3, -0.25) is 0 Å². The first-order valence-corrected chi connectivity index (χ1v) is 6.05. The first kappa shape index (κ1) is 12.4. The molecule has 0 radical (unpaired) electrons. The van der Waals surface area contributed by atoms with E-state index in [2.05, 4.69) is 21.9 Å². The van der Waals surface area contributed by atoms with Crippen LogP contribution in [0.15, 0.2) is 33.9 Å². The molecule has 0 saturated heterocycles. The molecular formula is C11H5BrF3NS. The van der Waals surface area contributed by atoms with Gasteiger partial charge in [-0.05, 0) is 34.1 Å². The van der Waals surface area contributed by atoms with Crippen LogP contribution in [-0.2, 0) is 0 Å². The largest absolute Gasteiger partial charge is 0.447 e. The van der Waals surface area contributed by atoms with Gasteiger partial charge >= 0.3 is 5.51 Å². The Morgan fingerprint density at radius 3 is 2.71 bits per heavy atom. The molecule has 2 heterocycles. The lowest BCUT2D eigenvalue weighted by Crippen LogP contribution is -2.01. The normalized spacial score (nSPS) is 11.7. The molecule has 0 amide bonds. The maximum atomic E-state index is 12.4. The zero-order chi connectivity index (χ0) is 12.6. The Morgan fingerprint density at radius 1 is 1.41 bits per heavy atom.